The Morgan fingerprint density at radius 3 is 2.18 bits per heavy atom. The SMILES string of the molecule is CS(=O)(=O)OCC[C@@H](COS(C)(=O)=O)NC(=O)OCc1ccc([N+](=O)[O-])cc1. The second kappa shape index (κ2) is 10.3. The molecule has 158 valence electrons. The number of non-ortho nitro benzene ring substituents is 1. The van der Waals surface area contributed by atoms with E-state index in [0.717, 1.165) is 12.5 Å². The lowest BCUT2D eigenvalue weighted by molar-refractivity contribution is -0.384. The van der Waals surface area contributed by atoms with Crippen molar-refractivity contribution in [1.82, 2.24) is 5.32 Å². The standard InChI is InChI=1S/C14H20N2O10S2/c1-27(20,21)25-8-7-12(10-26-28(2,22)23)15-14(17)24-9-11-3-5-13(6-4-11)16(18)19/h3-6,12H,7-10H2,1-2H3,(H,15,17)/t12-/m0/s1. The van der Waals surface area contributed by atoms with Gasteiger partial charge in [-0.25, -0.2) is 4.79 Å². The van der Waals surface area contributed by atoms with Crippen molar-refractivity contribution in [2.45, 2.75) is 19.1 Å². The van der Waals surface area contributed by atoms with E-state index < -0.39 is 43.9 Å². The zero-order valence-corrected chi connectivity index (χ0v) is 16.7. The molecule has 0 aliphatic heterocycles. The van der Waals surface area contributed by atoms with Gasteiger partial charge in [0.25, 0.3) is 25.9 Å². The summed E-state index contributed by atoms with van der Waals surface area (Å²) < 4.78 is 58.3. The molecule has 0 unspecified atom stereocenters. The minimum absolute atomic E-state index is 0.0603. The van der Waals surface area contributed by atoms with Gasteiger partial charge in [0.15, 0.2) is 0 Å². The van der Waals surface area contributed by atoms with Crippen LogP contribution in [0, 0.1) is 10.1 Å². The van der Waals surface area contributed by atoms with E-state index in [1.54, 1.807) is 0 Å². The maximum absolute atomic E-state index is 11.9. The van der Waals surface area contributed by atoms with Gasteiger partial charge in [0.05, 0.1) is 36.7 Å². The molecule has 0 aliphatic carbocycles. The maximum atomic E-state index is 11.9. The second-order valence-electron chi connectivity index (χ2n) is 5.64. The van der Waals surface area contributed by atoms with Crippen LogP contribution in [0.25, 0.3) is 0 Å². The van der Waals surface area contributed by atoms with Gasteiger partial charge in [-0.1, -0.05) is 0 Å². The van der Waals surface area contributed by atoms with Crippen molar-refractivity contribution >= 4 is 32.0 Å². The summed E-state index contributed by atoms with van der Waals surface area (Å²) in [6, 6.07) is 4.43. The van der Waals surface area contributed by atoms with Gasteiger partial charge in [0.1, 0.15) is 6.61 Å². The topological polar surface area (TPSA) is 168 Å². The number of rotatable bonds is 11. The van der Waals surface area contributed by atoms with Gasteiger partial charge < -0.3 is 10.1 Å². The number of nitro groups is 1. The molecule has 0 spiro atoms. The molecule has 0 radical (unpaired) electrons. The molecule has 1 amide bonds. The third-order valence-corrected chi connectivity index (χ3v) is 4.25. The lowest BCUT2D eigenvalue weighted by Gasteiger charge is -2.17. The predicted molar refractivity (Wildman–Crippen MR) is 96.4 cm³/mol. The normalized spacial score (nSPS) is 12.9. The number of alkyl carbamates (subject to hydrolysis) is 1. The molecule has 14 heteroatoms. The van der Waals surface area contributed by atoms with Crippen LogP contribution in [0.1, 0.15) is 12.0 Å². The van der Waals surface area contributed by atoms with Gasteiger partial charge in [-0.05, 0) is 24.1 Å². The highest BCUT2D eigenvalue weighted by molar-refractivity contribution is 7.86. The summed E-state index contributed by atoms with van der Waals surface area (Å²) in [6.07, 6.45) is 0.694. The fourth-order valence-corrected chi connectivity index (χ4v) is 2.63. The Hall–Kier alpha value is -2.29. The summed E-state index contributed by atoms with van der Waals surface area (Å²) in [6.45, 7) is -0.943. The fourth-order valence-electron chi connectivity index (χ4n) is 1.82. The summed E-state index contributed by atoms with van der Waals surface area (Å²) >= 11 is 0. The first-order chi connectivity index (χ1) is 12.9. The summed E-state index contributed by atoms with van der Waals surface area (Å²) in [7, 11) is -7.48. The first-order valence-electron chi connectivity index (χ1n) is 7.71. The van der Waals surface area contributed by atoms with Crippen molar-refractivity contribution in [3.8, 4) is 0 Å². The smallest absolute Gasteiger partial charge is 0.407 e. The summed E-state index contributed by atoms with van der Waals surface area (Å²) in [4.78, 5) is 21.9. The second-order valence-corrected chi connectivity index (χ2v) is 8.93. The van der Waals surface area contributed by atoms with Gasteiger partial charge in [0.2, 0.25) is 0 Å². The van der Waals surface area contributed by atoms with Crippen molar-refractivity contribution < 1.29 is 39.7 Å². The van der Waals surface area contributed by atoms with E-state index in [2.05, 4.69) is 13.7 Å². The number of nitro benzene ring substituents is 1. The van der Waals surface area contributed by atoms with Crippen LogP contribution in [0.4, 0.5) is 10.5 Å². The molecule has 0 saturated carbocycles. The van der Waals surface area contributed by atoms with Crippen LogP contribution < -0.4 is 5.32 Å². The molecule has 0 heterocycles. The van der Waals surface area contributed by atoms with Gasteiger partial charge in [0, 0.05) is 12.1 Å². The van der Waals surface area contributed by atoms with Crippen molar-refractivity contribution in [2.24, 2.45) is 0 Å². The number of hydrogen-bond acceptors (Lipinski definition) is 10. The number of benzene rings is 1. The molecule has 1 rings (SSSR count). The molecule has 0 aliphatic rings. The third-order valence-electron chi connectivity index (χ3n) is 3.09. The van der Waals surface area contributed by atoms with Crippen LogP contribution in [-0.4, -0.2) is 59.6 Å². The van der Waals surface area contributed by atoms with Crippen molar-refractivity contribution in [3.05, 3.63) is 39.9 Å². The fraction of sp³-hybridized carbons (Fsp3) is 0.500. The van der Waals surface area contributed by atoms with E-state index >= 15 is 0 Å². The molecule has 1 N–H and O–H groups in total. The molecular weight excluding hydrogens is 420 g/mol. The van der Waals surface area contributed by atoms with Crippen LogP contribution in [0.5, 0.6) is 0 Å². The minimum atomic E-state index is -3.78. The molecule has 0 saturated heterocycles. The largest absolute Gasteiger partial charge is 0.445 e. The maximum Gasteiger partial charge on any atom is 0.407 e. The number of carbonyl (C=O) groups is 1. The van der Waals surface area contributed by atoms with Crippen LogP contribution in [-0.2, 0) is 39.9 Å². The third kappa shape index (κ3) is 10.8. The number of carbonyl (C=O) groups excluding carboxylic acids is 1. The first kappa shape index (κ1) is 23.7. The monoisotopic (exact) mass is 440 g/mol. The van der Waals surface area contributed by atoms with Gasteiger partial charge in [-0.3, -0.25) is 18.5 Å². The number of nitrogens with zero attached hydrogens (tertiary/aromatic N) is 1. The van der Waals surface area contributed by atoms with Gasteiger partial charge in [-0.2, -0.15) is 16.8 Å². The molecule has 1 aromatic carbocycles. The number of hydrogen-bond donors (Lipinski definition) is 1. The zero-order chi connectivity index (χ0) is 21.4. The molecule has 0 fully saturated rings. The van der Waals surface area contributed by atoms with Crippen LogP contribution in [0.15, 0.2) is 24.3 Å². The lowest BCUT2D eigenvalue weighted by Crippen LogP contribution is -2.40. The Morgan fingerprint density at radius 1 is 1.11 bits per heavy atom. The Kier molecular flexibility index (Phi) is 8.74. The van der Waals surface area contributed by atoms with E-state index in [4.69, 9.17) is 4.74 Å². The van der Waals surface area contributed by atoms with Crippen molar-refractivity contribution in [1.29, 1.82) is 0 Å². The quantitative estimate of drug-likeness (QED) is 0.291. The van der Waals surface area contributed by atoms with E-state index in [1.807, 2.05) is 0 Å². The number of amides is 1. The van der Waals surface area contributed by atoms with Crippen LogP contribution >= 0.6 is 0 Å². The molecule has 28 heavy (non-hydrogen) atoms. The zero-order valence-electron chi connectivity index (χ0n) is 15.1. The Labute approximate surface area is 162 Å². The molecule has 12 nitrogen and oxygen atoms in total. The molecule has 0 bridgehead atoms. The molecule has 1 aromatic rings. The van der Waals surface area contributed by atoms with Gasteiger partial charge >= 0.3 is 6.09 Å². The van der Waals surface area contributed by atoms with E-state index in [1.165, 1.54) is 24.3 Å². The highest BCUT2D eigenvalue weighted by Crippen LogP contribution is 2.12. The van der Waals surface area contributed by atoms with Gasteiger partial charge in [-0.15, -0.1) is 0 Å². The summed E-state index contributed by atoms with van der Waals surface area (Å²) in [5, 5.41) is 12.9. The highest BCUT2D eigenvalue weighted by Gasteiger charge is 2.17. The summed E-state index contributed by atoms with van der Waals surface area (Å²) in [5.41, 5.74) is 0.377. The predicted octanol–water partition coefficient (Wildman–Crippen LogP) is 0.532. The number of ether oxygens (including phenoxy) is 1. The van der Waals surface area contributed by atoms with Crippen LogP contribution in [0.3, 0.4) is 0 Å². The average Bonchev–Trinajstić information content (AvgIpc) is 2.56. The van der Waals surface area contributed by atoms with Crippen LogP contribution in [0.2, 0.25) is 0 Å². The highest BCUT2D eigenvalue weighted by atomic mass is 32.2. The van der Waals surface area contributed by atoms with Crippen molar-refractivity contribution in [2.75, 3.05) is 25.7 Å². The average molecular weight is 440 g/mol. The molecule has 1 atom stereocenters. The molecule has 0 aromatic heterocycles. The Morgan fingerprint density at radius 2 is 1.68 bits per heavy atom. The van der Waals surface area contributed by atoms with E-state index in [0.29, 0.717) is 5.56 Å². The Balaban J connectivity index is 2.58. The Bertz CT molecular complexity index is 881. The lowest BCUT2D eigenvalue weighted by atomic mass is 10.2. The van der Waals surface area contributed by atoms with E-state index in [9.17, 15) is 31.7 Å². The van der Waals surface area contributed by atoms with E-state index in [-0.39, 0.29) is 25.3 Å². The molecular formula is C14H20N2O10S2. The first-order valence-corrected chi connectivity index (χ1v) is 11.3. The summed E-state index contributed by atoms with van der Waals surface area (Å²) in [5.74, 6) is 0. The van der Waals surface area contributed by atoms with Crippen molar-refractivity contribution in [3.63, 3.8) is 0 Å². The minimum Gasteiger partial charge on any atom is -0.445 e. The number of nitrogens with one attached hydrogen (secondary N) is 1.